The van der Waals surface area contributed by atoms with Crippen molar-refractivity contribution in [3.8, 4) is 0 Å². The van der Waals surface area contributed by atoms with Crippen LogP contribution in [0.15, 0.2) is 53.4 Å². The molecule has 1 N–H and O–H groups in total. The number of carbonyl (C=O) groups excluding carboxylic acids is 3. The summed E-state index contributed by atoms with van der Waals surface area (Å²) in [6, 6.07) is 14.8. The molecule has 1 fully saturated rings. The van der Waals surface area contributed by atoms with Gasteiger partial charge in [0.15, 0.2) is 0 Å². The van der Waals surface area contributed by atoms with E-state index >= 15 is 0 Å². The van der Waals surface area contributed by atoms with Crippen molar-refractivity contribution >= 4 is 29.6 Å². The van der Waals surface area contributed by atoms with Crippen molar-refractivity contribution in [3.63, 3.8) is 0 Å². The lowest BCUT2D eigenvalue weighted by Gasteiger charge is -2.23. The van der Waals surface area contributed by atoms with Gasteiger partial charge < -0.3 is 10.2 Å². The summed E-state index contributed by atoms with van der Waals surface area (Å²) in [6.07, 6.45) is 2.01. The number of imide groups is 1. The molecule has 2 aromatic carbocycles. The Labute approximate surface area is 175 Å². The van der Waals surface area contributed by atoms with Crippen molar-refractivity contribution in [1.29, 1.82) is 0 Å². The lowest BCUT2D eigenvalue weighted by Crippen LogP contribution is -2.43. The van der Waals surface area contributed by atoms with Gasteiger partial charge in [-0.05, 0) is 43.4 Å². The fourth-order valence-electron chi connectivity index (χ4n) is 3.27. The van der Waals surface area contributed by atoms with Gasteiger partial charge in [-0.15, -0.1) is 11.8 Å². The van der Waals surface area contributed by atoms with Crippen LogP contribution in [0.5, 0.6) is 0 Å². The Hall–Kier alpha value is -2.80. The zero-order valence-corrected chi connectivity index (χ0v) is 17.9. The molecule has 0 spiro atoms. The molecule has 29 heavy (non-hydrogen) atoms. The van der Waals surface area contributed by atoms with E-state index in [1.165, 1.54) is 4.90 Å². The van der Waals surface area contributed by atoms with Crippen LogP contribution in [-0.2, 0) is 21.7 Å². The zero-order valence-electron chi connectivity index (χ0n) is 17.1. The summed E-state index contributed by atoms with van der Waals surface area (Å²) in [5.41, 5.74) is 1.57. The Kier molecular flexibility index (Phi) is 5.98. The van der Waals surface area contributed by atoms with Crippen LogP contribution in [0.25, 0.3) is 0 Å². The first-order valence-electron chi connectivity index (χ1n) is 9.33. The van der Waals surface area contributed by atoms with Gasteiger partial charge in [0.2, 0.25) is 5.91 Å². The van der Waals surface area contributed by atoms with Crippen molar-refractivity contribution in [2.75, 3.05) is 19.8 Å². The first-order valence-corrected chi connectivity index (χ1v) is 10.5. The molecule has 2 aromatic rings. The summed E-state index contributed by atoms with van der Waals surface area (Å²) >= 11 is 1.65. The second kappa shape index (κ2) is 8.29. The number of urea groups is 1. The van der Waals surface area contributed by atoms with E-state index in [2.05, 4.69) is 5.32 Å². The number of carbonyl (C=O) groups is 3. The molecule has 0 unspecified atom stereocenters. The maximum absolute atomic E-state index is 13.0. The highest BCUT2D eigenvalue weighted by molar-refractivity contribution is 7.98. The molecule has 3 rings (SSSR count). The average molecular weight is 412 g/mol. The molecule has 1 aliphatic heterocycles. The van der Waals surface area contributed by atoms with Gasteiger partial charge >= 0.3 is 6.03 Å². The molecular weight excluding hydrogens is 386 g/mol. The van der Waals surface area contributed by atoms with E-state index < -0.39 is 17.5 Å². The van der Waals surface area contributed by atoms with Crippen molar-refractivity contribution < 1.29 is 14.4 Å². The molecule has 1 aliphatic rings. The third kappa shape index (κ3) is 4.29. The number of hydrogen-bond acceptors (Lipinski definition) is 4. The average Bonchev–Trinajstić information content (AvgIpc) is 2.92. The van der Waals surface area contributed by atoms with Gasteiger partial charge in [0.25, 0.3) is 5.91 Å². The Morgan fingerprint density at radius 3 is 2.31 bits per heavy atom. The number of nitrogens with zero attached hydrogens (tertiary/aromatic N) is 2. The van der Waals surface area contributed by atoms with Crippen LogP contribution in [0, 0.1) is 6.92 Å². The van der Waals surface area contributed by atoms with E-state index in [-0.39, 0.29) is 12.5 Å². The van der Waals surface area contributed by atoms with Gasteiger partial charge in [0.05, 0.1) is 0 Å². The second-order valence-corrected chi connectivity index (χ2v) is 8.29. The number of amides is 4. The summed E-state index contributed by atoms with van der Waals surface area (Å²) < 4.78 is 0. The standard InChI is InChI=1S/C22H25N3O3S/c1-15-5-9-17(10-6-15)22(2)20(27)25(21(28)23-22)14-19(26)24(3)13-16-7-11-18(29-4)12-8-16/h5-12H,13-14H2,1-4H3,(H,23,28)/t22-/m1/s1. The number of thioether (sulfide) groups is 1. The summed E-state index contributed by atoms with van der Waals surface area (Å²) in [5, 5.41) is 2.74. The predicted molar refractivity (Wildman–Crippen MR) is 113 cm³/mol. The number of rotatable bonds is 6. The summed E-state index contributed by atoms with van der Waals surface area (Å²) in [4.78, 5) is 41.8. The van der Waals surface area contributed by atoms with Gasteiger partial charge in [-0.1, -0.05) is 42.0 Å². The Morgan fingerprint density at radius 2 is 1.72 bits per heavy atom. The van der Waals surface area contributed by atoms with E-state index in [0.29, 0.717) is 12.1 Å². The minimum Gasteiger partial charge on any atom is -0.340 e. The number of hydrogen-bond donors (Lipinski definition) is 1. The SMILES string of the molecule is CSc1ccc(CN(C)C(=O)CN2C(=O)N[C@](C)(c3ccc(C)cc3)C2=O)cc1. The van der Waals surface area contributed by atoms with Crippen LogP contribution in [0.3, 0.4) is 0 Å². The van der Waals surface area contributed by atoms with Crippen molar-refractivity contribution in [2.45, 2.75) is 30.8 Å². The molecule has 1 saturated heterocycles. The lowest BCUT2D eigenvalue weighted by molar-refractivity contribution is -0.138. The topological polar surface area (TPSA) is 69.7 Å². The fraction of sp³-hybridized carbons (Fsp3) is 0.318. The highest BCUT2D eigenvalue weighted by Gasteiger charge is 2.49. The Bertz CT molecular complexity index is 927. The van der Waals surface area contributed by atoms with Gasteiger partial charge in [-0.3, -0.25) is 14.5 Å². The first-order chi connectivity index (χ1) is 13.7. The summed E-state index contributed by atoms with van der Waals surface area (Å²) in [6.45, 7) is 3.74. The van der Waals surface area contributed by atoms with E-state index in [1.807, 2.05) is 61.7 Å². The van der Waals surface area contributed by atoms with Gasteiger partial charge in [-0.25, -0.2) is 4.79 Å². The van der Waals surface area contributed by atoms with Gasteiger partial charge in [0.1, 0.15) is 12.1 Å². The molecule has 1 heterocycles. The van der Waals surface area contributed by atoms with E-state index in [0.717, 1.165) is 20.9 Å². The van der Waals surface area contributed by atoms with E-state index in [1.54, 1.807) is 25.7 Å². The fourth-order valence-corrected chi connectivity index (χ4v) is 3.68. The maximum Gasteiger partial charge on any atom is 0.325 e. The predicted octanol–water partition coefficient (Wildman–Crippen LogP) is 3.14. The first kappa shape index (κ1) is 20.9. The highest BCUT2D eigenvalue weighted by atomic mass is 32.2. The Morgan fingerprint density at radius 1 is 1.10 bits per heavy atom. The van der Waals surface area contributed by atoms with Crippen LogP contribution < -0.4 is 5.32 Å². The highest BCUT2D eigenvalue weighted by Crippen LogP contribution is 2.29. The minimum absolute atomic E-state index is 0.286. The monoisotopic (exact) mass is 411 g/mol. The molecule has 0 aliphatic carbocycles. The van der Waals surface area contributed by atoms with Crippen LogP contribution >= 0.6 is 11.8 Å². The number of benzene rings is 2. The second-order valence-electron chi connectivity index (χ2n) is 7.41. The summed E-state index contributed by atoms with van der Waals surface area (Å²) in [5.74, 6) is -0.715. The molecule has 0 radical (unpaired) electrons. The number of likely N-dealkylation sites (N-methyl/N-ethyl adjacent to an activating group) is 1. The molecular formula is C22H25N3O3S. The van der Waals surface area contributed by atoms with Gasteiger partial charge in [-0.2, -0.15) is 0 Å². The Balaban J connectivity index is 1.68. The molecule has 0 saturated carbocycles. The lowest BCUT2D eigenvalue weighted by atomic mass is 9.91. The van der Waals surface area contributed by atoms with E-state index in [9.17, 15) is 14.4 Å². The minimum atomic E-state index is -1.17. The third-order valence-corrected chi connectivity index (χ3v) is 5.95. The van der Waals surface area contributed by atoms with Crippen molar-refractivity contribution in [3.05, 3.63) is 65.2 Å². The van der Waals surface area contributed by atoms with Crippen LogP contribution in [0.4, 0.5) is 4.79 Å². The normalized spacial score (nSPS) is 18.7. The van der Waals surface area contributed by atoms with Crippen LogP contribution in [0.2, 0.25) is 0 Å². The molecule has 0 aromatic heterocycles. The zero-order chi connectivity index (χ0) is 21.2. The smallest absolute Gasteiger partial charge is 0.325 e. The molecule has 6 nitrogen and oxygen atoms in total. The molecule has 1 atom stereocenters. The summed E-state index contributed by atoms with van der Waals surface area (Å²) in [7, 11) is 1.67. The van der Waals surface area contributed by atoms with Gasteiger partial charge in [0, 0.05) is 18.5 Å². The van der Waals surface area contributed by atoms with E-state index in [4.69, 9.17) is 0 Å². The number of nitrogens with one attached hydrogen (secondary N) is 1. The van der Waals surface area contributed by atoms with Crippen molar-refractivity contribution in [2.24, 2.45) is 0 Å². The van der Waals surface area contributed by atoms with Crippen LogP contribution in [0.1, 0.15) is 23.6 Å². The van der Waals surface area contributed by atoms with Crippen LogP contribution in [-0.4, -0.2) is 47.5 Å². The third-order valence-electron chi connectivity index (χ3n) is 5.20. The maximum atomic E-state index is 13.0. The molecule has 4 amide bonds. The molecule has 0 bridgehead atoms. The molecule has 152 valence electrons. The van der Waals surface area contributed by atoms with Crippen molar-refractivity contribution in [1.82, 2.24) is 15.1 Å². The number of aryl methyl sites for hydroxylation is 1. The molecule has 7 heteroatoms. The quantitative estimate of drug-likeness (QED) is 0.586. The largest absolute Gasteiger partial charge is 0.340 e.